The summed E-state index contributed by atoms with van der Waals surface area (Å²) in [5.41, 5.74) is 0. The van der Waals surface area contributed by atoms with E-state index in [0.29, 0.717) is 24.5 Å². The second kappa shape index (κ2) is 7.73. The van der Waals surface area contributed by atoms with Gasteiger partial charge in [0.25, 0.3) is 0 Å². The van der Waals surface area contributed by atoms with Crippen LogP contribution in [0.4, 0.5) is 11.9 Å². The largest absolute Gasteiger partial charge is 0.463 e. The number of aromatic nitrogens is 3. The lowest BCUT2D eigenvalue weighted by atomic mass is 10.3. The molecule has 0 aromatic carbocycles. The van der Waals surface area contributed by atoms with E-state index in [2.05, 4.69) is 37.4 Å². The van der Waals surface area contributed by atoms with Crippen molar-refractivity contribution in [3.05, 3.63) is 0 Å². The minimum absolute atomic E-state index is 0.237. The molecule has 0 radical (unpaired) electrons. The number of likely N-dealkylation sites (N-methyl/N-ethyl adjacent to an activating group) is 1. The Balaban J connectivity index is 2.75. The molecular formula is C12H24N6O. The lowest BCUT2D eigenvalue weighted by molar-refractivity contribution is 0.292. The standard InChI is InChI=1S/C12H24N6O/c1-6-7-19-12-16-10(13-3)15-11(17-12)14-9(2)8-18(4)5/h9H,6-8H2,1-5H3,(H2,13,14,15,16,17). The van der Waals surface area contributed by atoms with Crippen LogP contribution in [0.3, 0.4) is 0 Å². The van der Waals surface area contributed by atoms with Crippen LogP contribution in [0.5, 0.6) is 6.01 Å². The molecule has 1 atom stereocenters. The third-order valence-corrected chi connectivity index (χ3v) is 2.29. The fourth-order valence-electron chi connectivity index (χ4n) is 1.60. The van der Waals surface area contributed by atoms with Crippen molar-refractivity contribution in [2.24, 2.45) is 0 Å². The number of rotatable bonds is 8. The second-order valence-corrected chi connectivity index (χ2v) is 4.67. The highest BCUT2D eigenvalue weighted by Crippen LogP contribution is 2.12. The van der Waals surface area contributed by atoms with E-state index < -0.39 is 0 Å². The fraction of sp³-hybridized carbons (Fsp3) is 0.750. The van der Waals surface area contributed by atoms with E-state index in [-0.39, 0.29) is 6.04 Å². The number of hydrogen-bond acceptors (Lipinski definition) is 7. The third-order valence-electron chi connectivity index (χ3n) is 2.29. The molecule has 0 aliphatic rings. The molecule has 1 heterocycles. The molecule has 0 aliphatic carbocycles. The Labute approximate surface area is 114 Å². The molecule has 0 fully saturated rings. The maximum absolute atomic E-state index is 5.45. The van der Waals surface area contributed by atoms with Crippen molar-refractivity contribution in [2.45, 2.75) is 26.3 Å². The maximum atomic E-state index is 5.45. The minimum Gasteiger partial charge on any atom is -0.463 e. The van der Waals surface area contributed by atoms with Gasteiger partial charge < -0.3 is 20.3 Å². The normalized spacial score (nSPS) is 12.3. The van der Waals surface area contributed by atoms with Crippen molar-refractivity contribution in [1.82, 2.24) is 19.9 Å². The lowest BCUT2D eigenvalue weighted by Gasteiger charge is -2.18. The molecule has 1 rings (SSSR count). The number of nitrogens with one attached hydrogen (secondary N) is 2. The van der Waals surface area contributed by atoms with E-state index in [0.717, 1.165) is 13.0 Å². The fourth-order valence-corrected chi connectivity index (χ4v) is 1.60. The molecule has 0 spiro atoms. The molecule has 1 aromatic rings. The van der Waals surface area contributed by atoms with E-state index in [1.807, 2.05) is 21.0 Å². The molecule has 0 amide bonds. The molecule has 0 aliphatic heterocycles. The summed E-state index contributed by atoms with van der Waals surface area (Å²) in [4.78, 5) is 14.8. The summed E-state index contributed by atoms with van der Waals surface area (Å²) < 4.78 is 5.45. The van der Waals surface area contributed by atoms with Gasteiger partial charge in [0, 0.05) is 19.6 Å². The first-order valence-corrected chi connectivity index (χ1v) is 6.53. The van der Waals surface area contributed by atoms with Crippen LogP contribution in [-0.2, 0) is 0 Å². The van der Waals surface area contributed by atoms with Gasteiger partial charge in [-0.2, -0.15) is 15.0 Å². The quantitative estimate of drug-likeness (QED) is 0.730. The number of ether oxygens (including phenoxy) is 1. The minimum atomic E-state index is 0.237. The Bertz CT molecular complexity index is 384. The molecule has 2 N–H and O–H groups in total. The van der Waals surface area contributed by atoms with E-state index in [1.54, 1.807) is 7.05 Å². The zero-order valence-electron chi connectivity index (χ0n) is 12.4. The van der Waals surface area contributed by atoms with E-state index in [4.69, 9.17) is 4.74 Å². The van der Waals surface area contributed by atoms with Gasteiger partial charge in [-0.25, -0.2) is 0 Å². The molecular weight excluding hydrogens is 244 g/mol. The lowest BCUT2D eigenvalue weighted by Crippen LogP contribution is -2.30. The summed E-state index contributed by atoms with van der Waals surface area (Å²) in [5, 5.41) is 6.15. The first kappa shape index (κ1) is 15.4. The van der Waals surface area contributed by atoms with Crippen LogP contribution in [0.15, 0.2) is 0 Å². The zero-order valence-corrected chi connectivity index (χ0v) is 12.4. The molecule has 19 heavy (non-hydrogen) atoms. The summed E-state index contributed by atoms with van der Waals surface area (Å²) in [6, 6.07) is 0.585. The first-order chi connectivity index (χ1) is 9.05. The summed E-state index contributed by atoms with van der Waals surface area (Å²) in [7, 11) is 5.83. The van der Waals surface area contributed by atoms with Crippen LogP contribution in [0.2, 0.25) is 0 Å². The Hall–Kier alpha value is -1.63. The van der Waals surface area contributed by atoms with Gasteiger partial charge >= 0.3 is 6.01 Å². The van der Waals surface area contributed by atoms with Gasteiger partial charge in [-0.3, -0.25) is 0 Å². The van der Waals surface area contributed by atoms with E-state index >= 15 is 0 Å². The highest BCUT2D eigenvalue weighted by Gasteiger charge is 2.10. The van der Waals surface area contributed by atoms with Crippen LogP contribution in [0, 0.1) is 0 Å². The highest BCUT2D eigenvalue weighted by atomic mass is 16.5. The Morgan fingerprint density at radius 1 is 1.21 bits per heavy atom. The molecule has 0 saturated carbocycles. The summed E-state index contributed by atoms with van der Waals surface area (Å²) >= 11 is 0. The van der Waals surface area contributed by atoms with Crippen molar-refractivity contribution in [3.8, 4) is 6.01 Å². The number of nitrogens with zero attached hydrogens (tertiary/aromatic N) is 4. The van der Waals surface area contributed by atoms with Gasteiger partial charge in [-0.05, 0) is 27.4 Å². The first-order valence-electron chi connectivity index (χ1n) is 6.53. The van der Waals surface area contributed by atoms with Crippen molar-refractivity contribution < 1.29 is 4.74 Å². The Morgan fingerprint density at radius 2 is 1.89 bits per heavy atom. The van der Waals surface area contributed by atoms with Crippen LogP contribution >= 0.6 is 0 Å². The topological polar surface area (TPSA) is 75.2 Å². The number of hydrogen-bond donors (Lipinski definition) is 2. The van der Waals surface area contributed by atoms with Crippen LogP contribution in [-0.4, -0.2) is 60.2 Å². The summed E-state index contributed by atoms with van der Waals surface area (Å²) in [5.74, 6) is 1.03. The van der Waals surface area contributed by atoms with Crippen LogP contribution in [0.1, 0.15) is 20.3 Å². The zero-order chi connectivity index (χ0) is 14.3. The maximum Gasteiger partial charge on any atom is 0.323 e. The molecule has 1 aromatic heterocycles. The SMILES string of the molecule is CCCOc1nc(NC)nc(NC(C)CN(C)C)n1. The predicted octanol–water partition coefficient (Wildman–Crippen LogP) is 1.06. The van der Waals surface area contributed by atoms with Crippen LogP contribution < -0.4 is 15.4 Å². The van der Waals surface area contributed by atoms with Crippen molar-refractivity contribution >= 4 is 11.9 Å². The van der Waals surface area contributed by atoms with Gasteiger partial charge in [0.15, 0.2) is 0 Å². The molecule has 7 nitrogen and oxygen atoms in total. The van der Waals surface area contributed by atoms with Crippen molar-refractivity contribution in [1.29, 1.82) is 0 Å². The Kier molecular flexibility index (Phi) is 6.27. The van der Waals surface area contributed by atoms with Gasteiger partial charge in [0.05, 0.1) is 6.61 Å². The van der Waals surface area contributed by atoms with Gasteiger partial charge in [0.1, 0.15) is 0 Å². The molecule has 0 bridgehead atoms. The number of anilines is 2. The van der Waals surface area contributed by atoms with Gasteiger partial charge in [0.2, 0.25) is 11.9 Å². The monoisotopic (exact) mass is 268 g/mol. The highest BCUT2D eigenvalue weighted by molar-refractivity contribution is 5.36. The van der Waals surface area contributed by atoms with Crippen molar-refractivity contribution in [3.63, 3.8) is 0 Å². The Morgan fingerprint density at radius 3 is 2.47 bits per heavy atom. The summed E-state index contributed by atoms with van der Waals surface area (Å²) in [6.07, 6.45) is 0.917. The smallest absolute Gasteiger partial charge is 0.323 e. The average Bonchev–Trinajstić information content (AvgIpc) is 2.34. The van der Waals surface area contributed by atoms with E-state index in [9.17, 15) is 0 Å². The molecule has 7 heteroatoms. The van der Waals surface area contributed by atoms with Gasteiger partial charge in [-0.1, -0.05) is 6.92 Å². The second-order valence-electron chi connectivity index (χ2n) is 4.67. The van der Waals surface area contributed by atoms with Gasteiger partial charge in [-0.15, -0.1) is 0 Å². The van der Waals surface area contributed by atoms with E-state index in [1.165, 1.54) is 0 Å². The average molecular weight is 268 g/mol. The third kappa shape index (κ3) is 5.69. The summed E-state index contributed by atoms with van der Waals surface area (Å²) in [6.45, 7) is 5.61. The van der Waals surface area contributed by atoms with Crippen molar-refractivity contribution in [2.75, 3.05) is 44.9 Å². The molecule has 0 saturated heterocycles. The van der Waals surface area contributed by atoms with Crippen LogP contribution in [0.25, 0.3) is 0 Å². The molecule has 1 unspecified atom stereocenters. The predicted molar refractivity (Wildman–Crippen MR) is 76.8 cm³/mol. The molecule has 108 valence electrons.